The summed E-state index contributed by atoms with van der Waals surface area (Å²) in [5.74, 6) is -2.74. The molecule has 1 saturated heterocycles. The average molecular weight is 665 g/mol. The minimum atomic E-state index is -4.64. The molecule has 2 aliphatic heterocycles. The number of hydrogen-bond acceptors (Lipinski definition) is 17. The number of rotatable bonds is 12. The second kappa shape index (κ2) is 15.4. The molecule has 18 nitrogen and oxygen atoms in total. The Balaban J connectivity index is 0.00000294. The van der Waals surface area contributed by atoms with Crippen LogP contribution < -0.4 is 80.0 Å². The van der Waals surface area contributed by atoms with Crippen molar-refractivity contribution in [3.63, 3.8) is 0 Å². The molecule has 0 bridgehead atoms. The third-order valence-electron chi connectivity index (χ3n) is 5.17. The van der Waals surface area contributed by atoms with Crippen LogP contribution in [0.5, 0.6) is 0 Å². The number of thiazole rings is 1. The van der Waals surface area contributed by atoms with E-state index in [9.17, 15) is 32.5 Å². The number of nitrogens with zero attached hydrogens (tertiary/aromatic N) is 7. The summed E-state index contributed by atoms with van der Waals surface area (Å²) in [6.07, 6.45) is 0. The summed E-state index contributed by atoms with van der Waals surface area (Å²) >= 11 is 3.36. The molecule has 0 aliphatic carbocycles. The average Bonchev–Trinajstić information content (AvgIpc) is 3.51. The molecule has 2 aliphatic rings. The molecule has 0 saturated carbocycles. The number of carboxylic acid groups (broad SMARTS) is 1. The van der Waals surface area contributed by atoms with Crippen molar-refractivity contribution in [2.75, 3.05) is 30.9 Å². The Kier molecular flexibility index (Phi) is 13.5. The van der Waals surface area contributed by atoms with Crippen LogP contribution in [0, 0.1) is 0 Å². The molecule has 2 atom stereocenters. The molecule has 0 spiro atoms. The van der Waals surface area contributed by atoms with E-state index in [1.807, 2.05) is 0 Å². The van der Waals surface area contributed by atoms with E-state index in [2.05, 4.69) is 31.0 Å². The van der Waals surface area contributed by atoms with Gasteiger partial charge < -0.3 is 30.3 Å². The first-order valence-electron chi connectivity index (χ1n) is 10.6. The number of carbonyl (C=O) groups is 3. The molecule has 4 heterocycles. The predicted octanol–water partition coefficient (Wildman–Crippen LogP) is -9.68. The fourth-order valence-electron chi connectivity index (χ4n) is 3.55. The zero-order chi connectivity index (χ0) is 28.3. The van der Waals surface area contributed by atoms with Crippen molar-refractivity contribution in [3.05, 3.63) is 22.3 Å². The van der Waals surface area contributed by atoms with Gasteiger partial charge >= 0.3 is 59.1 Å². The number of tetrazole rings is 1. The quantitative estimate of drug-likeness (QED) is 0.0475. The van der Waals surface area contributed by atoms with Crippen molar-refractivity contribution in [1.82, 2.24) is 40.1 Å². The Labute approximate surface area is 289 Å². The molecule has 4 rings (SSSR count). The summed E-state index contributed by atoms with van der Waals surface area (Å²) in [7, 11) is -3.40. The Morgan fingerprint density at radius 1 is 1.37 bits per heavy atom. The molecule has 2 amide bonds. The standard InChI is InChI=1S/C17H20N10O8S4.2Na/c1-35-23-9(8-6-37-16(18)20-8)12(28)21-10-13(29)27-11(15(30)31)7(4-36-14(10)27)5-38-17-22-24-25-26(17)3-2-19-39(32,33)34;;/h6,10,14,19H,2-5H2,1H3,(H2,18,20)(H,21,28)(H,30,31)(H,32,33,34);;/q;2*+1/p-2/b23-9-;;. The maximum absolute atomic E-state index is 12.9. The van der Waals surface area contributed by atoms with Gasteiger partial charge in [-0.2, -0.15) is 0 Å². The summed E-state index contributed by atoms with van der Waals surface area (Å²) in [6.45, 7) is -0.301. The van der Waals surface area contributed by atoms with Crippen molar-refractivity contribution in [2.24, 2.45) is 5.16 Å². The van der Waals surface area contributed by atoms with Crippen molar-refractivity contribution < 1.29 is 96.4 Å². The number of nitrogen functional groups attached to an aromatic ring is 1. The summed E-state index contributed by atoms with van der Waals surface area (Å²) in [5, 5.41) is 30.4. The van der Waals surface area contributed by atoms with Crippen LogP contribution in [0.1, 0.15) is 5.69 Å². The number of β-lactam (4-membered cyclic amide) rings is 1. The van der Waals surface area contributed by atoms with E-state index in [1.54, 1.807) is 4.72 Å². The van der Waals surface area contributed by atoms with Crippen LogP contribution >= 0.6 is 34.9 Å². The van der Waals surface area contributed by atoms with Crippen molar-refractivity contribution in [2.45, 2.75) is 23.1 Å². The SMILES string of the molecule is CO/N=C(\C(=O)NC1C(=O)N2C(C(=O)[O-])=C(CSc3nnnn3CCNS(=O)(=O)[O-])CSC12)c1csc(N)n1.[Na+].[Na+]. The number of oxime groups is 1. The van der Waals surface area contributed by atoms with Gasteiger partial charge in [-0.3, -0.25) is 14.5 Å². The topological polar surface area (TPSA) is 263 Å². The smallest absolute Gasteiger partial charge is 0.735 e. The minimum absolute atomic E-state index is 0. The molecule has 24 heteroatoms. The van der Waals surface area contributed by atoms with Gasteiger partial charge in [0.15, 0.2) is 21.1 Å². The van der Waals surface area contributed by atoms with Gasteiger partial charge in [0.05, 0.1) is 18.2 Å². The Morgan fingerprint density at radius 3 is 2.71 bits per heavy atom. The van der Waals surface area contributed by atoms with Crippen molar-refractivity contribution >= 4 is 73.8 Å². The number of amides is 2. The number of aliphatic carboxylic acids is 1. The molecule has 2 aromatic rings. The molecule has 2 aromatic heterocycles. The number of nitrogens with one attached hydrogen (secondary N) is 2. The number of carbonyl (C=O) groups excluding carboxylic acids is 3. The van der Waals surface area contributed by atoms with E-state index < -0.39 is 39.5 Å². The summed E-state index contributed by atoms with van der Waals surface area (Å²) in [4.78, 5) is 47.5. The van der Waals surface area contributed by atoms with E-state index in [-0.39, 0.29) is 111 Å². The number of fused-ring (bicyclic) bond motifs is 1. The zero-order valence-electron chi connectivity index (χ0n) is 21.7. The second-order valence-electron chi connectivity index (χ2n) is 7.62. The van der Waals surface area contributed by atoms with E-state index in [1.165, 1.54) is 28.9 Å². The Hall–Kier alpha value is -1.31. The first-order valence-corrected chi connectivity index (χ1v) is 14.9. The maximum Gasteiger partial charge on any atom is 1.00 e. The van der Waals surface area contributed by atoms with Crippen LogP contribution in [0.25, 0.3) is 0 Å². The van der Waals surface area contributed by atoms with Crippen molar-refractivity contribution in [1.29, 1.82) is 0 Å². The van der Waals surface area contributed by atoms with Gasteiger partial charge in [-0.1, -0.05) is 16.9 Å². The fraction of sp³-hybridized carbons (Fsp3) is 0.412. The molecule has 4 N–H and O–H groups in total. The van der Waals surface area contributed by atoms with Crippen LogP contribution in [0.3, 0.4) is 0 Å². The van der Waals surface area contributed by atoms with Gasteiger partial charge in [-0.25, -0.2) is 22.8 Å². The van der Waals surface area contributed by atoms with Crippen LogP contribution in [0.4, 0.5) is 5.13 Å². The maximum atomic E-state index is 12.9. The zero-order valence-corrected chi connectivity index (χ0v) is 28.9. The number of carboxylic acids is 1. The predicted molar refractivity (Wildman–Crippen MR) is 133 cm³/mol. The third kappa shape index (κ3) is 8.63. The molecule has 210 valence electrons. The van der Waals surface area contributed by atoms with Crippen LogP contribution in [-0.4, -0.2) is 103 Å². The van der Waals surface area contributed by atoms with Crippen LogP contribution in [-0.2, 0) is 36.1 Å². The number of thioether (sulfide) groups is 2. The third-order valence-corrected chi connectivity index (χ3v) is 8.78. The van der Waals surface area contributed by atoms with Gasteiger partial charge in [0.25, 0.3) is 11.8 Å². The summed E-state index contributed by atoms with van der Waals surface area (Å²) < 4.78 is 35.1. The van der Waals surface area contributed by atoms with E-state index in [4.69, 9.17) is 10.6 Å². The van der Waals surface area contributed by atoms with E-state index in [0.29, 0.717) is 5.57 Å². The first kappa shape index (κ1) is 35.9. The summed E-state index contributed by atoms with van der Waals surface area (Å²) in [6, 6.07) is -1.04. The second-order valence-corrected chi connectivity index (χ2v) is 11.7. The van der Waals surface area contributed by atoms with Crippen molar-refractivity contribution in [3.8, 4) is 0 Å². The van der Waals surface area contributed by atoms with Gasteiger partial charge in [-0.15, -0.1) is 28.2 Å². The molecule has 1 fully saturated rings. The van der Waals surface area contributed by atoms with E-state index in [0.717, 1.165) is 28.0 Å². The number of hydrogen-bond donors (Lipinski definition) is 3. The van der Waals surface area contributed by atoms with Gasteiger partial charge in [-0.05, 0) is 16.0 Å². The normalized spacial score (nSPS) is 18.5. The van der Waals surface area contributed by atoms with Gasteiger partial charge in [0.2, 0.25) is 5.16 Å². The fourth-order valence-corrected chi connectivity index (χ4v) is 6.83. The summed E-state index contributed by atoms with van der Waals surface area (Å²) in [5.41, 5.74) is 5.60. The van der Waals surface area contributed by atoms with E-state index >= 15 is 0 Å². The number of nitrogens with two attached hydrogens (primary N) is 1. The molecular formula is C17H18N10Na2O8S4. The monoisotopic (exact) mass is 664 g/mol. The van der Waals surface area contributed by atoms with Gasteiger partial charge in [0, 0.05) is 23.4 Å². The Bertz CT molecular complexity index is 1470. The molecule has 0 radical (unpaired) electrons. The van der Waals surface area contributed by atoms with Crippen LogP contribution in [0.15, 0.2) is 27.0 Å². The van der Waals surface area contributed by atoms with Crippen LogP contribution in [0.2, 0.25) is 0 Å². The molecule has 0 aromatic carbocycles. The first-order chi connectivity index (χ1) is 18.5. The minimum Gasteiger partial charge on any atom is -0.735 e. The number of anilines is 1. The Morgan fingerprint density at radius 2 is 2.10 bits per heavy atom. The molecular weight excluding hydrogens is 646 g/mol. The largest absolute Gasteiger partial charge is 1.00 e. The van der Waals surface area contributed by atoms with Gasteiger partial charge in [0.1, 0.15) is 24.2 Å². The number of aromatic nitrogens is 5. The molecule has 41 heavy (non-hydrogen) atoms. The molecule has 2 unspecified atom stereocenters.